The molecule has 22 heavy (non-hydrogen) atoms. The molecular formula is C18H16ClNO2. The van der Waals surface area contributed by atoms with Gasteiger partial charge in [0.2, 0.25) is 0 Å². The van der Waals surface area contributed by atoms with Crippen LogP contribution >= 0.6 is 11.6 Å². The van der Waals surface area contributed by atoms with Gasteiger partial charge in [0, 0.05) is 12.4 Å². The third kappa shape index (κ3) is 2.77. The molecule has 1 aliphatic rings. The molecule has 0 N–H and O–H groups in total. The van der Waals surface area contributed by atoms with Crippen molar-refractivity contribution in [2.24, 2.45) is 0 Å². The van der Waals surface area contributed by atoms with Gasteiger partial charge in [-0.15, -0.1) is 11.6 Å². The molecule has 0 saturated heterocycles. The minimum Gasteiger partial charge on any atom is -0.274 e. The van der Waals surface area contributed by atoms with Gasteiger partial charge in [-0.25, -0.2) is 0 Å². The van der Waals surface area contributed by atoms with E-state index in [1.807, 2.05) is 24.3 Å². The quantitative estimate of drug-likeness (QED) is 0.627. The van der Waals surface area contributed by atoms with Crippen LogP contribution in [0.4, 0.5) is 0 Å². The van der Waals surface area contributed by atoms with E-state index in [-0.39, 0.29) is 11.8 Å². The zero-order valence-corrected chi connectivity index (χ0v) is 12.8. The van der Waals surface area contributed by atoms with Crippen LogP contribution in [0.15, 0.2) is 48.5 Å². The van der Waals surface area contributed by atoms with Gasteiger partial charge in [0.1, 0.15) is 0 Å². The average molecular weight is 314 g/mol. The fourth-order valence-corrected chi connectivity index (χ4v) is 2.88. The van der Waals surface area contributed by atoms with Crippen LogP contribution in [0.1, 0.15) is 31.8 Å². The van der Waals surface area contributed by atoms with Gasteiger partial charge >= 0.3 is 0 Å². The molecule has 2 aromatic carbocycles. The van der Waals surface area contributed by atoms with Crippen LogP contribution < -0.4 is 0 Å². The summed E-state index contributed by atoms with van der Waals surface area (Å²) in [5.41, 5.74) is 3.31. The second-order valence-corrected chi connectivity index (χ2v) is 5.69. The van der Waals surface area contributed by atoms with Crippen molar-refractivity contribution in [3.8, 4) is 0 Å². The molecule has 0 aliphatic carbocycles. The summed E-state index contributed by atoms with van der Waals surface area (Å²) in [5, 5.41) is 0. The number of hydrogen-bond donors (Lipinski definition) is 0. The van der Waals surface area contributed by atoms with E-state index in [2.05, 4.69) is 0 Å². The van der Waals surface area contributed by atoms with Gasteiger partial charge in [0.05, 0.1) is 11.1 Å². The minimum absolute atomic E-state index is 0.195. The number of fused-ring (bicyclic) bond motifs is 1. The molecule has 3 nitrogen and oxygen atoms in total. The standard InChI is InChI=1S/C18H16ClNO2/c19-11-9-13-5-7-14(8-6-13)10-12-20-17(21)15-3-1-2-4-16(15)18(20)22/h1-8H,9-12H2. The highest BCUT2D eigenvalue weighted by Crippen LogP contribution is 2.22. The average Bonchev–Trinajstić information content (AvgIpc) is 2.79. The van der Waals surface area contributed by atoms with Crippen molar-refractivity contribution in [2.75, 3.05) is 12.4 Å². The third-order valence-electron chi connectivity index (χ3n) is 3.91. The Labute approximate surface area is 134 Å². The molecule has 2 amide bonds. The lowest BCUT2D eigenvalue weighted by Crippen LogP contribution is -2.31. The van der Waals surface area contributed by atoms with E-state index in [4.69, 9.17) is 11.6 Å². The number of benzene rings is 2. The Morgan fingerprint density at radius 2 is 1.27 bits per heavy atom. The summed E-state index contributed by atoms with van der Waals surface area (Å²) in [4.78, 5) is 25.8. The van der Waals surface area contributed by atoms with Crippen LogP contribution in [0.5, 0.6) is 0 Å². The molecule has 0 spiro atoms. The summed E-state index contributed by atoms with van der Waals surface area (Å²) < 4.78 is 0. The van der Waals surface area contributed by atoms with E-state index in [9.17, 15) is 9.59 Å². The Morgan fingerprint density at radius 1 is 0.773 bits per heavy atom. The molecule has 0 atom stereocenters. The van der Waals surface area contributed by atoms with E-state index < -0.39 is 0 Å². The number of alkyl halides is 1. The fourth-order valence-electron chi connectivity index (χ4n) is 2.66. The van der Waals surface area contributed by atoms with Crippen LogP contribution in [0, 0.1) is 0 Å². The number of hydrogen-bond acceptors (Lipinski definition) is 2. The molecule has 3 rings (SSSR count). The SMILES string of the molecule is O=C1c2ccccc2C(=O)N1CCc1ccc(CCCl)cc1. The molecule has 0 bridgehead atoms. The Bertz CT molecular complexity index is 674. The van der Waals surface area contributed by atoms with Crippen molar-refractivity contribution in [3.05, 3.63) is 70.8 Å². The number of halogens is 1. The number of aryl methyl sites for hydroxylation is 1. The highest BCUT2D eigenvalue weighted by molar-refractivity contribution is 6.21. The second kappa shape index (κ2) is 6.32. The summed E-state index contributed by atoms with van der Waals surface area (Å²) in [7, 11) is 0. The van der Waals surface area contributed by atoms with E-state index >= 15 is 0 Å². The Morgan fingerprint density at radius 3 is 1.77 bits per heavy atom. The maximum Gasteiger partial charge on any atom is 0.261 e. The number of carbonyl (C=O) groups is 2. The van der Waals surface area contributed by atoms with Crippen LogP contribution in [0.25, 0.3) is 0 Å². The molecule has 0 aromatic heterocycles. The van der Waals surface area contributed by atoms with Crippen molar-refractivity contribution in [1.82, 2.24) is 4.90 Å². The topological polar surface area (TPSA) is 37.4 Å². The molecule has 0 saturated carbocycles. The highest BCUT2D eigenvalue weighted by Gasteiger charge is 2.34. The third-order valence-corrected chi connectivity index (χ3v) is 4.10. The number of rotatable bonds is 5. The van der Waals surface area contributed by atoms with Gasteiger partial charge in [-0.3, -0.25) is 14.5 Å². The van der Waals surface area contributed by atoms with E-state index in [1.165, 1.54) is 10.5 Å². The Balaban J connectivity index is 1.67. The summed E-state index contributed by atoms with van der Waals surface area (Å²) >= 11 is 5.72. The smallest absolute Gasteiger partial charge is 0.261 e. The first kappa shape index (κ1) is 14.8. The minimum atomic E-state index is -0.195. The van der Waals surface area contributed by atoms with Crippen molar-refractivity contribution in [3.63, 3.8) is 0 Å². The van der Waals surface area contributed by atoms with Crippen LogP contribution in [0.3, 0.4) is 0 Å². The van der Waals surface area contributed by atoms with Crippen LogP contribution in [0.2, 0.25) is 0 Å². The highest BCUT2D eigenvalue weighted by atomic mass is 35.5. The Hall–Kier alpha value is -2.13. The normalized spacial score (nSPS) is 13.6. The summed E-state index contributed by atoms with van der Waals surface area (Å²) in [5.74, 6) is 0.215. The van der Waals surface area contributed by atoms with Crippen molar-refractivity contribution >= 4 is 23.4 Å². The Kier molecular flexibility index (Phi) is 4.25. The van der Waals surface area contributed by atoms with E-state index in [0.29, 0.717) is 30.0 Å². The van der Waals surface area contributed by atoms with E-state index in [1.54, 1.807) is 24.3 Å². The monoisotopic (exact) mass is 313 g/mol. The van der Waals surface area contributed by atoms with Gasteiger partial charge in [-0.2, -0.15) is 0 Å². The number of amides is 2. The zero-order valence-electron chi connectivity index (χ0n) is 12.1. The lowest BCUT2D eigenvalue weighted by atomic mass is 10.1. The van der Waals surface area contributed by atoms with Gasteiger partial charge in [-0.05, 0) is 36.1 Å². The van der Waals surface area contributed by atoms with Gasteiger partial charge < -0.3 is 0 Å². The maximum atomic E-state index is 12.3. The van der Waals surface area contributed by atoms with Gasteiger partial charge in [0.25, 0.3) is 11.8 Å². The van der Waals surface area contributed by atoms with Gasteiger partial charge in [-0.1, -0.05) is 36.4 Å². The van der Waals surface area contributed by atoms with Crippen LogP contribution in [-0.4, -0.2) is 29.1 Å². The van der Waals surface area contributed by atoms with Crippen LogP contribution in [-0.2, 0) is 12.8 Å². The number of nitrogens with zero attached hydrogens (tertiary/aromatic N) is 1. The first-order chi connectivity index (χ1) is 10.7. The molecule has 112 valence electrons. The first-order valence-corrected chi connectivity index (χ1v) is 7.83. The number of carbonyl (C=O) groups excluding carboxylic acids is 2. The largest absolute Gasteiger partial charge is 0.274 e. The second-order valence-electron chi connectivity index (χ2n) is 5.31. The predicted octanol–water partition coefficient (Wildman–Crippen LogP) is 3.31. The lowest BCUT2D eigenvalue weighted by Gasteiger charge is -2.13. The molecule has 2 aromatic rings. The zero-order chi connectivity index (χ0) is 15.5. The molecule has 4 heteroatoms. The first-order valence-electron chi connectivity index (χ1n) is 7.29. The van der Waals surface area contributed by atoms with Crippen molar-refractivity contribution < 1.29 is 9.59 Å². The van der Waals surface area contributed by atoms with Gasteiger partial charge in [0.15, 0.2) is 0 Å². The lowest BCUT2D eigenvalue weighted by molar-refractivity contribution is 0.0656. The summed E-state index contributed by atoms with van der Waals surface area (Å²) in [6.07, 6.45) is 1.51. The van der Waals surface area contributed by atoms with Crippen molar-refractivity contribution in [1.29, 1.82) is 0 Å². The molecule has 0 radical (unpaired) electrons. The van der Waals surface area contributed by atoms with Crippen molar-refractivity contribution in [2.45, 2.75) is 12.8 Å². The number of imide groups is 1. The van der Waals surface area contributed by atoms with E-state index in [0.717, 1.165) is 12.0 Å². The molecule has 0 fully saturated rings. The maximum absolute atomic E-state index is 12.3. The summed E-state index contributed by atoms with van der Waals surface area (Å²) in [6, 6.07) is 15.1. The molecule has 1 heterocycles. The molecule has 0 unspecified atom stereocenters. The fraction of sp³-hybridized carbons (Fsp3) is 0.222. The summed E-state index contributed by atoms with van der Waals surface area (Å²) in [6.45, 7) is 0.404. The predicted molar refractivity (Wildman–Crippen MR) is 86.4 cm³/mol. The molecule has 1 aliphatic heterocycles. The molecular weight excluding hydrogens is 298 g/mol.